The lowest BCUT2D eigenvalue weighted by Crippen LogP contribution is -2.65. The molecule has 5 atom stereocenters. The maximum absolute atomic E-state index is 9.70. The van der Waals surface area contributed by atoms with Crippen molar-refractivity contribution in [2.45, 2.75) is 36.5 Å². The van der Waals surface area contributed by atoms with Crippen molar-refractivity contribution < 1.29 is 35.0 Å². The predicted molar refractivity (Wildman–Crippen MR) is 39.6 cm³/mol. The van der Waals surface area contributed by atoms with Crippen LogP contribution in [-0.2, 0) is 9.47 Å². The summed E-state index contributed by atoms with van der Waals surface area (Å²) >= 11 is 0. The van der Waals surface area contributed by atoms with Crippen LogP contribution in [0.25, 0.3) is 0 Å². The van der Waals surface area contributed by atoms with Crippen LogP contribution >= 0.6 is 0 Å². The largest absolute Gasteiger partial charge is 0.394 e. The van der Waals surface area contributed by atoms with E-state index in [0.29, 0.717) is 0 Å². The Bertz CT molecular complexity index is 267. The Morgan fingerprint density at radius 2 is 1.86 bits per heavy atom. The SMILES string of the molecule is C[C@]1(O)[C@@H](O)[C@@H](CO)O[C@]2(O)O[C@@]21O. The molecule has 0 saturated carbocycles. The number of aliphatic hydroxyl groups excluding tert-OH is 2. The Balaban J connectivity index is 2.32. The third kappa shape index (κ3) is 0.898. The molecule has 0 aromatic rings. The number of aliphatic hydroxyl groups is 5. The summed E-state index contributed by atoms with van der Waals surface area (Å²) in [6.07, 6.45) is -2.77. The fraction of sp³-hybridized carbons (Fsp3) is 1.00. The zero-order chi connectivity index (χ0) is 10.8. The third-order valence-corrected chi connectivity index (χ3v) is 2.78. The highest BCUT2D eigenvalue weighted by atomic mass is 17.0. The van der Waals surface area contributed by atoms with Gasteiger partial charge >= 0.3 is 5.97 Å². The first-order valence-electron chi connectivity index (χ1n) is 4.12. The van der Waals surface area contributed by atoms with Crippen LogP contribution in [0, 0.1) is 0 Å². The molecule has 2 aliphatic rings. The molecule has 2 fully saturated rings. The molecule has 7 nitrogen and oxygen atoms in total. The molecule has 0 aliphatic carbocycles. The molecule has 0 unspecified atom stereocenters. The summed E-state index contributed by atoms with van der Waals surface area (Å²) in [4.78, 5) is 0. The lowest BCUT2D eigenvalue weighted by molar-refractivity contribution is -0.319. The van der Waals surface area contributed by atoms with E-state index in [1.807, 2.05) is 0 Å². The number of hydrogen-bond acceptors (Lipinski definition) is 7. The highest BCUT2D eigenvalue weighted by molar-refractivity contribution is 5.15. The Labute approximate surface area is 79.1 Å². The lowest BCUT2D eigenvalue weighted by Gasteiger charge is -2.40. The van der Waals surface area contributed by atoms with E-state index >= 15 is 0 Å². The first-order chi connectivity index (χ1) is 6.28. The van der Waals surface area contributed by atoms with Gasteiger partial charge in [-0.05, 0) is 6.92 Å². The zero-order valence-corrected chi connectivity index (χ0v) is 7.41. The van der Waals surface area contributed by atoms with E-state index in [4.69, 9.17) is 5.11 Å². The first-order valence-corrected chi connectivity index (χ1v) is 4.12. The number of ether oxygens (including phenoxy) is 2. The quantitative estimate of drug-likeness (QED) is 0.288. The van der Waals surface area contributed by atoms with Crippen molar-refractivity contribution >= 4 is 0 Å². The maximum atomic E-state index is 9.70. The van der Waals surface area contributed by atoms with E-state index < -0.39 is 36.2 Å². The first kappa shape index (κ1) is 10.2. The molecule has 2 aliphatic heterocycles. The van der Waals surface area contributed by atoms with E-state index in [1.54, 1.807) is 0 Å². The molecule has 0 aromatic heterocycles. The normalized spacial score (nSPS) is 62.1. The van der Waals surface area contributed by atoms with Gasteiger partial charge in [0.2, 0.25) is 0 Å². The van der Waals surface area contributed by atoms with Gasteiger partial charge in [-0.25, -0.2) is 0 Å². The molecule has 14 heavy (non-hydrogen) atoms. The molecule has 82 valence electrons. The fourth-order valence-electron chi connectivity index (χ4n) is 1.67. The van der Waals surface area contributed by atoms with Gasteiger partial charge in [-0.1, -0.05) is 0 Å². The molecular weight excluding hydrogens is 196 g/mol. The molecule has 0 amide bonds. The molecule has 0 spiro atoms. The lowest BCUT2D eigenvalue weighted by atomic mass is 9.85. The number of hydrogen-bond donors (Lipinski definition) is 5. The summed E-state index contributed by atoms with van der Waals surface area (Å²) < 4.78 is 9.11. The summed E-state index contributed by atoms with van der Waals surface area (Å²) in [7, 11) is 0. The average molecular weight is 208 g/mol. The van der Waals surface area contributed by atoms with Crippen molar-refractivity contribution in [3.8, 4) is 0 Å². The highest BCUT2D eigenvalue weighted by Crippen LogP contribution is 2.57. The van der Waals surface area contributed by atoms with Crippen molar-refractivity contribution in [3.63, 3.8) is 0 Å². The second-order valence-corrected chi connectivity index (χ2v) is 3.76. The minimum atomic E-state index is -2.34. The monoisotopic (exact) mass is 208 g/mol. The van der Waals surface area contributed by atoms with Gasteiger partial charge in [0.1, 0.15) is 12.2 Å². The summed E-state index contributed by atoms with van der Waals surface area (Å²) in [6, 6.07) is 0. The minimum absolute atomic E-state index is 0.612. The minimum Gasteiger partial charge on any atom is -0.394 e. The molecule has 0 aromatic carbocycles. The van der Waals surface area contributed by atoms with Gasteiger partial charge in [0.25, 0.3) is 5.79 Å². The molecular formula is C7H12O7. The predicted octanol–water partition coefficient (Wildman–Crippen LogP) is -3.15. The third-order valence-electron chi connectivity index (χ3n) is 2.78. The molecule has 0 radical (unpaired) electrons. The van der Waals surface area contributed by atoms with Crippen molar-refractivity contribution in [2.75, 3.05) is 6.61 Å². The van der Waals surface area contributed by atoms with Gasteiger partial charge in [-0.2, -0.15) is 0 Å². The number of fused-ring (bicyclic) bond motifs is 1. The Morgan fingerprint density at radius 3 is 2.36 bits per heavy atom. The summed E-state index contributed by atoms with van der Waals surface area (Å²) in [6.45, 7) is 0.472. The molecule has 7 heteroatoms. The number of rotatable bonds is 1. The van der Waals surface area contributed by atoms with Gasteiger partial charge in [0.15, 0.2) is 5.60 Å². The number of epoxide rings is 1. The Hall–Kier alpha value is -0.280. The highest BCUT2D eigenvalue weighted by Gasteiger charge is 2.85. The van der Waals surface area contributed by atoms with Crippen LogP contribution in [0.15, 0.2) is 0 Å². The maximum Gasteiger partial charge on any atom is 0.344 e. The van der Waals surface area contributed by atoms with E-state index in [1.165, 1.54) is 0 Å². The standard InChI is InChI=1S/C7H12O7/c1-5(10)4(9)3(2-8)13-7(12)6(5,11)14-7/h3-4,8-12H,2H2,1H3/t3-,4+,5+,6-,7+/m1/s1. The summed E-state index contributed by atoms with van der Waals surface area (Å²) in [5, 5.41) is 46.9. The van der Waals surface area contributed by atoms with Gasteiger partial charge in [0, 0.05) is 0 Å². The van der Waals surface area contributed by atoms with Crippen molar-refractivity contribution in [3.05, 3.63) is 0 Å². The molecule has 2 saturated heterocycles. The van der Waals surface area contributed by atoms with Crippen molar-refractivity contribution in [1.82, 2.24) is 0 Å². The van der Waals surface area contributed by atoms with Gasteiger partial charge in [-0.3, -0.25) is 4.74 Å². The summed E-state index contributed by atoms with van der Waals surface area (Å²) in [5.74, 6) is -4.69. The molecule has 2 rings (SSSR count). The van der Waals surface area contributed by atoms with Gasteiger partial charge in [-0.15, -0.1) is 0 Å². The van der Waals surface area contributed by atoms with Gasteiger partial charge < -0.3 is 30.3 Å². The van der Waals surface area contributed by atoms with Crippen LogP contribution < -0.4 is 0 Å². The van der Waals surface area contributed by atoms with E-state index in [-0.39, 0.29) is 0 Å². The van der Waals surface area contributed by atoms with Crippen molar-refractivity contribution in [1.29, 1.82) is 0 Å². The van der Waals surface area contributed by atoms with Crippen LogP contribution in [0.1, 0.15) is 6.92 Å². The molecule has 5 N–H and O–H groups in total. The Morgan fingerprint density at radius 1 is 1.29 bits per heavy atom. The van der Waals surface area contributed by atoms with Crippen LogP contribution in [0.5, 0.6) is 0 Å². The van der Waals surface area contributed by atoms with E-state index in [2.05, 4.69) is 9.47 Å². The van der Waals surface area contributed by atoms with E-state index in [0.717, 1.165) is 6.92 Å². The van der Waals surface area contributed by atoms with Crippen LogP contribution in [-0.4, -0.2) is 61.7 Å². The zero-order valence-electron chi connectivity index (χ0n) is 7.41. The topological polar surface area (TPSA) is 123 Å². The average Bonchev–Trinajstić information content (AvgIpc) is 2.66. The van der Waals surface area contributed by atoms with E-state index in [9.17, 15) is 20.4 Å². The fourth-order valence-corrected chi connectivity index (χ4v) is 1.67. The second kappa shape index (κ2) is 2.45. The van der Waals surface area contributed by atoms with Crippen LogP contribution in [0.2, 0.25) is 0 Å². The Kier molecular flexibility index (Phi) is 1.79. The van der Waals surface area contributed by atoms with Crippen LogP contribution in [0.3, 0.4) is 0 Å². The molecule has 2 heterocycles. The second-order valence-electron chi connectivity index (χ2n) is 3.76. The summed E-state index contributed by atoms with van der Waals surface area (Å²) in [5.41, 5.74) is -2.10. The van der Waals surface area contributed by atoms with Crippen LogP contribution in [0.4, 0.5) is 0 Å². The smallest absolute Gasteiger partial charge is 0.344 e. The molecule has 0 bridgehead atoms. The van der Waals surface area contributed by atoms with Gasteiger partial charge in [0.05, 0.1) is 6.61 Å². The van der Waals surface area contributed by atoms with Crippen molar-refractivity contribution in [2.24, 2.45) is 0 Å².